The largest absolute Gasteiger partial charge is 0.539 e. The van der Waals surface area contributed by atoms with Crippen LogP contribution < -0.4 is 14.9 Å². The summed E-state index contributed by atoms with van der Waals surface area (Å²) in [7, 11) is 1.65. The van der Waals surface area contributed by atoms with Crippen molar-refractivity contribution in [1.29, 1.82) is 0 Å². The highest BCUT2D eigenvalue weighted by Crippen LogP contribution is 2.12. The molecule has 1 atom stereocenters. The maximum absolute atomic E-state index is 9.98. The summed E-state index contributed by atoms with van der Waals surface area (Å²) in [6, 6.07) is 10.5. The molecule has 1 aliphatic heterocycles. The second-order valence-electron chi connectivity index (χ2n) is 6.09. The molecule has 1 unspecified atom stereocenters. The van der Waals surface area contributed by atoms with E-state index in [1.807, 2.05) is 6.07 Å². The van der Waals surface area contributed by atoms with E-state index in [4.69, 9.17) is 29.3 Å². The zero-order valence-corrected chi connectivity index (χ0v) is 15.5. The number of rotatable bonds is 8. The molecule has 1 aliphatic rings. The van der Waals surface area contributed by atoms with Gasteiger partial charge in [0.2, 0.25) is 0 Å². The summed E-state index contributed by atoms with van der Waals surface area (Å²) in [6.45, 7) is 6.48. The van der Waals surface area contributed by atoms with Crippen LogP contribution in [0.25, 0.3) is 0 Å². The average Bonchev–Trinajstić information content (AvgIpc) is 2.67. The first-order chi connectivity index (χ1) is 12.9. The zero-order valence-electron chi connectivity index (χ0n) is 15.5. The summed E-state index contributed by atoms with van der Waals surface area (Å²) in [5.74, 6) is -4.01. The van der Waals surface area contributed by atoms with Gasteiger partial charge in [0.05, 0.1) is 46.0 Å². The molecule has 27 heavy (non-hydrogen) atoms. The fourth-order valence-corrected chi connectivity index (χ4v) is 2.68. The van der Waals surface area contributed by atoms with Crippen molar-refractivity contribution < 1.29 is 39.3 Å². The van der Waals surface area contributed by atoms with E-state index in [1.165, 1.54) is 10.6 Å². The van der Waals surface area contributed by atoms with E-state index < -0.39 is 11.9 Å². The molecule has 0 bridgehead atoms. The van der Waals surface area contributed by atoms with E-state index >= 15 is 0 Å². The van der Waals surface area contributed by atoms with Crippen LogP contribution >= 0.6 is 0 Å². The van der Waals surface area contributed by atoms with Crippen molar-refractivity contribution in [3.8, 4) is 0 Å². The van der Waals surface area contributed by atoms with Crippen LogP contribution in [0.15, 0.2) is 30.3 Å². The van der Waals surface area contributed by atoms with E-state index in [0.29, 0.717) is 19.8 Å². The van der Waals surface area contributed by atoms with Crippen LogP contribution in [0.1, 0.15) is 0 Å². The number of nitrogens with one attached hydrogen (secondary N) is 1. The number of quaternary nitrogens is 1. The van der Waals surface area contributed by atoms with Crippen molar-refractivity contribution in [2.75, 3.05) is 64.6 Å². The molecule has 1 saturated heterocycles. The molecule has 3 N–H and O–H groups in total. The maximum Gasteiger partial charge on any atom is 0.351 e. The first kappa shape index (κ1) is 22.8. The molecule has 0 radical (unpaired) electrons. The summed E-state index contributed by atoms with van der Waals surface area (Å²) < 4.78 is 10.3. The molecule has 1 aromatic carbocycles. The first-order valence-electron chi connectivity index (χ1n) is 8.76. The number of aliphatic carboxylic acids is 2. The Morgan fingerprint density at radius 1 is 1.22 bits per heavy atom. The Balaban J connectivity index is 0.000000527. The number of anilines is 1. The molecule has 0 aliphatic carbocycles. The molecule has 9 nitrogen and oxygen atoms in total. The van der Waals surface area contributed by atoms with Crippen LogP contribution in [0.4, 0.5) is 5.69 Å². The molecule has 9 heteroatoms. The van der Waals surface area contributed by atoms with Crippen molar-refractivity contribution in [2.45, 2.75) is 6.10 Å². The van der Waals surface area contributed by atoms with E-state index in [9.17, 15) is 5.11 Å². The highest BCUT2D eigenvalue weighted by molar-refractivity contribution is 6.26. The van der Waals surface area contributed by atoms with Crippen LogP contribution in [-0.2, 0) is 19.1 Å². The Hall–Kier alpha value is -2.20. The fourth-order valence-electron chi connectivity index (χ4n) is 2.68. The molecule has 1 heterocycles. The van der Waals surface area contributed by atoms with Gasteiger partial charge in [-0.25, -0.2) is 4.79 Å². The van der Waals surface area contributed by atoms with Gasteiger partial charge >= 0.3 is 5.97 Å². The SMILES string of the molecule is COCCOCC(O)C[NH+]1CCN(c2ccccc2)CC1.O=C([O-])C(=O)O. The van der Waals surface area contributed by atoms with Crippen LogP contribution in [-0.4, -0.2) is 87.9 Å². The number of piperazine rings is 1. The number of methoxy groups -OCH3 is 1. The van der Waals surface area contributed by atoms with Crippen LogP contribution in [0.2, 0.25) is 0 Å². The molecule has 1 fully saturated rings. The van der Waals surface area contributed by atoms with Crippen molar-refractivity contribution in [3.05, 3.63) is 30.3 Å². The average molecular weight is 384 g/mol. The Morgan fingerprint density at radius 2 is 1.81 bits per heavy atom. The van der Waals surface area contributed by atoms with Gasteiger partial charge in [-0.2, -0.15) is 0 Å². The highest BCUT2D eigenvalue weighted by atomic mass is 16.5. The Morgan fingerprint density at radius 3 is 2.33 bits per heavy atom. The Labute approximate surface area is 158 Å². The molecule has 152 valence electrons. The second-order valence-corrected chi connectivity index (χ2v) is 6.09. The Bertz CT molecular complexity index is 536. The smallest absolute Gasteiger partial charge is 0.351 e. The van der Waals surface area contributed by atoms with Gasteiger partial charge in [0.15, 0.2) is 5.97 Å². The number of hydrogen-bond acceptors (Lipinski definition) is 7. The third-order valence-corrected chi connectivity index (χ3v) is 4.03. The summed E-state index contributed by atoms with van der Waals surface area (Å²) in [5, 5.41) is 26.3. The summed E-state index contributed by atoms with van der Waals surface area (Å²) in [4.78, 5) is 21.9. The predicted molar refractivity (Wildman–Crippen MR) is 95.6 cm³/mol. The molecule has 0 aromatic heterocycles. The van der Waals surface area contributed by atoms with Gasteiger partial charge in [-0.05, 0) is 12.1 Å². The number of carbonyl (C=O) groups excluding carboxylic acids is 1. The van der Waals surface area contributed by atoms with Gasteiger partial charge in [-0.15, -0.1) is 0 Å². The normalized spacial score (nSPS) is 15.6. The van der Waals surface area contributed by atoms with Gasteiger partial charge in [0.25, 0.3) is 0 Å². The third-order valence-electron chi connectivity index (χ3n) is 4.03. The minimum atomic E-state index is -2.07. The molecule has 2 rings (SSSR count). The zero-order chi connectivity index (χ0) is 20.1. The lowest BCUT2D eigenvalue weighted by Gasteiger charge is -2.34. The van der Waals surface area contributed by atoms with Crippen LogP contribution in [0.3, 0.4) is 0 Å². The van der Waals surface area contributed by atoms with Gasteiger partial charge in [0.1, 0.15) is 12.6 Å². The number of hydrogen-bond donors (Lipinski definition) is 3. The Kier molecular flexibility index (Phi) is 11.0. The number of aliphatic hydroxyl groups is 1. The number of carboxylic acid groups (broad SMARTS) is 2. The molecular weight excluding hydrogens is 356 g/mol. The van der Waals surface area contributed by atoms with Crippen LogP contribution in [0.5, 0.6) is 0 Å². The quantitative estimate of drug-likeness (QED) is 0.325. The van der Waals surface area contributed by atoms with Crippen molar-refractivity contribution in [3.63, 3.8) is 0 Å². The minimum absolute atomic E-state index is 0.389. The van der Waals surface area contributed by atoms with E-state index in [0.717, 1.165) is 32.7 Å². The van der Waals surface area contributed by atoms with Gasteiger partial charge in [0, 0.05) is 12.8 Å². The van der Waals surface area contributed by atoms with E-state index in [1.54, 1.807) is 7.11 Å². The lowest BCUT2D eigenvalue weighted by Crippen LogP contribution is -3.16. The molecule has 0 spiro atoms. The van der Waals surface area contributed by atoms with Gasteiger partial charge in [-0.1, -0.05) is 18.2 Å². The number of aliphatic hydroxyl groups excluding tert-OH is 1. The topological polar surface area (TPSA) is 124 Å². The fraction of sp³-hybridized carbons (Fsp3) is 0.556. The molecule has 0 amide bonds. The van der Waals surface area contributed by atoms with Crippen LogP contribution in [0, 0.1) is 0 Å². The number of para-hydroxylation sites is 1. The molecule has 0 saturated carbocycles. The second kappa shape index (κ2) is 13.0. The van der Waals surface area contributed by atoms with Crippen molar-refractivity contribution in [1.82, 2.24) is 0 Å². The summed E-state index contributed by atoms with van der Waals surface area (Å²) in [6.07, 6.45) is -0.389. The number of nitrogens with zero attached hydrogens (tertiary/aromatic N) is 1. The molecule has 1 aromatic rings. The van der Waals surface area contributed by atoms with E-state index in [2.05, 4.69) is 29.2 Å². The van der Waals surface area contributed by atoms with Gasteiger partial charge < -0.3 is 39.4 Å². The number of carboxylic acids is 2. The monoisotopic (exact) mass is 384 g/mol. The lowest BCUT2D eigenvalue weighted by atomic mass is 10.2. The third kappa shape index (κ3) is 9.90. The summed E-state index contributed by atoms with van der Waals surface area (Å²) in [5.41, 5.74) is 1.29. The first-order valence-corrected chi connectivity index (χ1v) is 8.76. The number of carbonyl (C=O) groups is 2. The van der Waals surface area contributed by atoms with Gasteiger partial charge in [-0.3, -0.25) is 0 Å². The predicted octanol–water partition coefficient (Wildman–Crippen LogP) is -2.76. The summed E-state index contributed by atoms with van der Waals surface area (Å²) >= 11 is 0. The lowest BCUT2D eigenvalue weighted by molar-refractivity contribution is -0.903. The van der Waals surface area contributed by atoms with Crippen molar-refractivity contribution in [2.24, 2.45) is 0 Å². The van der Waals surface area contributed by atoms with Crippen molar-refractivity contribution >= 4 is 17.6 Å². The number of ether oxygens (including phenoxy) is 2. The standard InChI is InChI=1S/C16H26N2O3.C2H2O4/c1-20-11-12-21-14-16(19)13-17-7-9-18(10-8-17)15-5-3-2-4-6-15;3-1(4)2(5)6/h2-6,16,19H,7-14H2,1H3;(H,3,4)(H,5,6). The number of benzene rings is 1. The maximum atomic E-state index is 9.98. The van der Waals surface area contributed by atoms with E-state index in [-0.39, 0.29) is 6.10 Å². The highest BCUT2D eigenvalue weighted by Gasteiger charge is 2.22. The minimum Gasteiger partial charge on any atom is -0.539 e. The molecular formula is C18H28N2O7.